The Morgan fingerprint density at radius 3 is 2.81 bits per heavy atom. The molecule has 21 heavy (non-hydrogen) atoms. The molecule has 3 N–H and O–H groups in total. The minimum absolute atomic E-state index is 0.0421. The molecule has 1 aromatic carbocycles. The van der Waals surface area contributed by atoms with Crippen molar-refractivity contribution in [2.24, 2.45) is 11.1 Å². The summed E-state index contributed by atoms with van der Waals surface area (Å²) in [6.45, 7) is 4.86. The van der Waals surface area contributed by atoms with Gasteiger partial charge in [-0.1, -0.05) is 37.6 Å². The second kappa shape index (κ2) is 8.66. The Bertz CT molecular complexity index is 465. The number of carbonyl (C=O) groups is 1. The van der Waals surface area contributed by atoms with Gasteiger partial charge in [-0.05, 0) is 48.0 Å². The number of hydrogen-bond donors (Lipinski definition) is 2. The van der Waals surface area contributed by atoms with Crippen molar-refractivity contribution >= 4 is 29.3 Å². The van der Waals surface area contributed by atoms with E-state index < -0.39 is 6.04 Å². The van der Waals surface area contributed by atoms with Crippen molar-refractivity contribution in [1.82, 2.24) is 5.32 Å². The van der Waals surface area contributed by atoms with Gasteiger partial charge in [0.15, 0.2) is 0 Å². The van der Waals surface area contributed by atoms with Gasteiger partial charge >= 0.3 is 0 Å². The zero-order valence-corrected chi connectivity index (χ0v) is 14.6. The predicted octanol–water partition coefficient (Wildman–Crippen LogP) is 3.11. The molecule has 3 nitrogen and oxygen atoms in total. The Labute approximate surface area is 137 Å². The molecule has 1 amide bonds. The average molecular weight is 329 g/mol. The van der Waals surface area contributed by atoms with E-state index in [-0.39, 0.29) is 11.3 Å². The molecule has 0 aliphatic carbocycles. The van der Waals surface area contributed by atoms with Gasteiger partial charge in [-0.2, -0.15) is 11.8 Å². The van der Waals surface area contributed by atoms with Crippen molar-refractivity contribution in [3.05, 3.63) is 34.9 Å². The summed E-state index contributed by atoms with van der Waals surface area (Å²) in [7, 11) is 0. The van der Waals surface area contributed by atoms with Crippen LogP contribution < -0.4 is 11.1 Å². The Hall–Kier alpha value is -0.710. The zero-order chi connectivity index (χ0) is 15.9. The molecule has 0 bridgehead atoms. The second-order valence-corrected chi connectivity index (χ2v) is 7.50. The highest BCUT2D eigenvalue weighted by molar-refractivity contribution is 7.98. The Balaban J connectivity index is 2.47. The van der Waals surface area contributed by atoms with Crippen molar-refractivity contribution in [1.29, 1.82) is 0 Å². The molecule has 5 heteroatoms. The smallest absolute Gasteiger partial charge is 0.236 e. The van der Waals surface area contributed by atoms with Crippen molar-refractivity contribution in [2.75, 3.05) is 18.6 Å². The molecule has 1 atom stereocenters. The summed E-state index contributed by atoms with van der Waals surface area (Å²) in [5, 5.41) is 3.70. The minimum Gasteiger partial charge on any atom is -0.354 e. The SMILES string of the molecule is CSCC[C@H](N)C(=O)NCC(C)(C)Cc1cccc(Cl)c1. The van der Waals surface area contributed by atoms with Gasteiger partial charge in [-0.25, -0.2) is 0 Å². The molecule has 0 heterocycles. The van der Waals surface area contributed by atoms with Crippen molar-refractivity contribution in [2.45, 2.75) is 32.7 Å². The Morgan fingerprint density at radius 1 is 1.48 bits per heavy atom. The quantitative estimate of drug-likeness (QED) is 0.771. The van der Waals surface area contributed by atoms with Crippen LogP contribution in [0.4, 0.5) is 0 Å². The van der Waals surface area contributed by atoms with Crippen LogP contribution in [0, 0.1) is 5.41 Å². The molecule has 118 valence electrons. The maximum Gasteiger partial charge on any atom is 0.236 e. The topological polar surface area (TPSA) is 55.1 Å². The molecule has 0 saturated heterocycles. The first-order chi connectivity index (χ1) is 9.84. The third-order valence-electron chi connectivity index (χ3n) is 3.28. The lowest BCUT2D eigenvalue weighted by molar-refractivity contribution is -0.122. The summed E-state index contributed by atoms with van der Waals surface area (Å²) in [6.07, 6.45) is 3.58. The number of benzene rings is 1. The molecule has 0 aromatic heterocycles. The van der Waals surface area contributed by atoms with Crippen LogP contribution in [-0.2, 0) is 11.2 Å². The lowest BCUT2D eigenvalue weighted by atomic mass is 9.85. The van der Waals surface area contributed by atoms with E-state index in [2.05, 4.69) is 25.2 Å². The highest BCUT2D eigenvalue weighted by Gasteiger charge is 2.21. The number of nitrogens with one attached hydrogen (secondary N) is 1. The number of carbonyl (C=O) groups excluding carboxylic acids is 1. The summed E-state index contributed by atoms with van der Waals surface area (Å²) in [4.78, 5) is 11.9. The van der Waals surface area contributed by atoms with Crippen molar-refractivity contribution in [3.8, 4) is 0 Å². The number of amides is 1. The molecule has 0 unspecified atom stereocenters. The number of nitrogens with two attached hydrogens (primary N) is 1. The predicted molar refractivity (Wildman–Crippen MR) is 92.9 cm³/mol. The van der Waals surface area contributed by atoms with Gasteiger partial charge in [-0.3, -0.25) is 4.79 Å². The average Bonchev–Trinajstić information content (AvgIpc) is 2.41. The van der Waals surface area contributed by atoms with E-state index in [0.29, 0.717) is 13.0 Å². The van der Waals surface area contributed by atoms with E-state index in [9.17, 15) is 4.79 Å². The molecule has 0 aliphatic heterocycles. The monoisotopic (exact) mass is 328 g/mol. The van der Waals surface area contributed by atoms with Crippen LogP contribution in [0.1, 0.15) is 25.8 Å². The van der Waals surface area contributed by atoms with Crippen LogP contribution >= 0.6 is 23.4 Å². The molecular formula is C16H25ClN2OS. The minimum atomic E-state index is -0.417. The fourth-order valence-electron chi connectivity index (χ4n) is 2.10. The fourth-order valence-corrected chi connectivity index (χ4v) is 2.80. The van der Waals surface area contributed by atoms with E-state index in [0.717, 1.165) is 17.2 Å². The first-order valence-corrected chi connectivity index (χ1v) is 8.88. The van der Waals surface area contributed by atoms with E-state index in [4.69, 9.17) is 17.3 Å². The number of halogens is 1. The summed E-state index contributed by atoms with van der Waals surface area (Å²) < 4.78 is 0. The summed E-state index contributed by atoms with van der Waals surface area (Å²) in [5.41, 5.74) is 6.99. The number of rotatable bonds is 8. The van der Waals surface area contributed by atoms with Gasteiger partial charge < -0.3 is 11.1 Å². The number of thioether (sulfide) groups is 1. The van der Waals surface area contributed by atoms with Crippen LogP contribution in [0.25, 0.3) is 0 Å². The highest BCUT2D eigenvalue weighted by atomic mass is 35.5. The molecule has 1 aromatic rings. The molecular weight excluding hydrogens is 304 g/mol. The number of hydrogen-bond acceptors (Lipinski definition) is 3. The third kappa shape index (κ3) is 7.21. The molecule has 0 saturated carbocycles. The standard InChI is InChI=1S/C16H25ClN2OS/c1-16(2,10-12-5-4-6-13(17)9-12)11-19-15(20)14(18)7-8-21-3/h4-6,9,14H,7-8,10-11,18H2,1-3H3,(H,19,20)/t14-/m0/s1. The summed E-state index contributed by atoms with van der Waals surface area (Å²) in [5.74, 6) is 0.837. The fraction of sp³-hybridized carbons (Fsp3) is 0.562. The highest BCUT2D eigenvalue weighted by Crippen LogP contribution is 2.22. The van der Waals surface area contributed by atoms with Gasteiger partial charge in [0.1, 0.15) is 0 Å². The molecule has 0 radical (unpaired) electrons. The van der Waals surface area contributed by atoms with Crippen LogP contribution in [0.15, 0.2) is 24.3 Å². The first-order valence-electron chi connectivity index (χ1n) is 7.11. The lowest BCUT2D eigenvalue weighted by Gasteiger charge is -2.26. The van der Waals surface area contributed by atoms with Crippen molar-refractivity contribution < 1.29 is 4.79 Å². The van der Waals surface area contributed by atoms with E-state index >= 15 is 0 Å². The molecule has 0 fully saturated rings. The third-order valence-corrected chi connectivity index (χ3v) is 4.16. The van der Waals surface area contributed by atoms with Gasteiger partial charge in [0, 0.05) is 11.6 Å². The molecule has 1 rings (SSSR count). The Morgan fingerprint density at radius 2 is 2.19 bits per heavy atom. The van der Waals surface area contributed by atoms with Crippen LogP contribution in [0.5, 0.6) is 0 Å². The molecule has 0 spiro atoms. The van der Waals surface area contributed by atoms with Crippen molar-refractivity contribution in [3.63, 3.8) is 0 Å². The van der Waals surface area contributed by atoms with E-state index in [1.54, 1.807) is 11.8 Å². The van der Waals surface area contributed by atoms with Gasteiger partial charge in [-0.15, -0.1) is 0 Å². The van der Waals surface area contributed by atoms with Crippen LogP contribution in [0.3, 0.4) is 0 Å². The van der Waals surface area contributed by atoms with Gasteiger partial charge in [0.2, 0.25) is 5.91 Å². The largest absolute Gasteiger partial charge is 0.354 e. The van der Waals surface area contributed by atoms with Gasteiger partial charge in [0.05, 0.1) is 6.04 Å². The maximum atomic E-state index is 11.9. The van der Waals surface area contributed by atoms with E-state index in [1.807, 2.05) is 24.5 Å². The second-order valence-electron chi connectivity index (χ2n) is 6.08. The zero-order valence-electron chi connectivity index (χ0n) is 13.0. The molecule has 0 aliphatic rings. The lowest BCUT2D eigenvalue weighted by Crippen LogP contribution is -2.44. The summed E-state index contributed by atoms with van der Waals surface area (Å²) in [6, 6.07) is 7.42. The Kier molecular flexibility index (Phi) is 7.57. The maximum absolute atomic E-state index is 11.9. The first kappa shape index (κ1) is 18.3. The van der Waals surface area contributed by atoms with Crippen LogP contribution in [-0.4, -0.2) is 30.5 Å². The van der Waals surface area contributed by atoms with Gasteiger partial charge in [0.25, 0.3) is 0 Å². The summed E-state index contributed by atoms with van der Waals surface area (Å²) >= 11 is 7.70. The van der Waals surface area contributed by atoms with E-state index in [1.165, 1.54) is 5.56 Å². The normalized spacial score (nSPS) is 13.0. The van der Waals surface area contributed by atoms with Crippen LogP contribution in [0.2, 0.25) is 5.02 Å².